The molecule has 0 saturated carbocycles. The van der Waals surface area contributed by atoms with Crippen molar-refractivity contribution in [1.29, 1.82) is 5.41 Å². The van der Waals surface area contributed by atoms with Gasteiger partial charge in [-0.25, -0.2) is 8.42 Å². The monoisotopic (exact) mass is 457 g/mol. The minimum absolute atomic E-state index is 0.0619. The van der Waals surface area contributed by atoms with Crippen molar-refractivity contribution in [3.63, 3.8) is 0 Å². The summed E-state index contributed by atoms with van der Waals surface area (Å²) in [5, 5.41) is 10.5. The highest BCUT2D eigenvalue weighted by molar-refractivity contribution is 7.91. The second-order valence-corrected chi connectivity index (χ2v) is 11.2. The lowest BCUT2D eigenvalue weighted by atomic mass is 9.87. The molecule has 0 bridgehead atoms. The number of sulfone groups is 1. The molecule has 2 aromatic rings. The molecule has 8 nitrogen and oxygen atoms in total. The molecule has 172 valence electrons. The van der Waals surface area contributed by atoms with Crippen LogP contribution in [-0.4, -0.2) is 43.5 Å². The maximum Gasteiger partial charge on any atom is 0.240 e. The van der Waals surface area contributed by atoms with Crippen molar-refractivity contribution in [2.24, 2.45) is 5.73 Å². The third-order valence-electron chi connectivity index (χ3n) is 5.71. The van der Waals surface area contributed by atoms with Crippen molar-refractivity contribution in [1.82, 2.24) is 10.2 Å². The first-order chi connectivity index (χ1) is 14.9. The van der Waals surface area contributed by atoms with Crippen LogP contribution in [0, 0.1) is 5.41 Å². The maximum absolute atomic E-state index is 12.8. The molecule has 0 unspecified atom stereocenters. The van der Waals surface area contributed by atoms with Gasteiger partial charge in [0.1, 0.15) is 11.7 Å². The lowest BCUT2D eigenvalue weighted by Gasteiger charge is -2.20. The Hall–Kier alpha value is -2.91. The number of carbonyl (C=O) groups excluding carboxylic acids is 1. The number of nitrogens with one attached hydrogen (secondary N) is 2. The zero-order chi connectivity index (χ0) is 23.7. The highest BCUT2D eigenvalue weighted by Crippen LogP contribution is 2.24. The van der Waals surface area contributed by atoms with Crippen molar-refractivity contribution in [3.05, 3.63) is 59.2 Å². The van der Waals surface area contributed by atoms with Crippen LogP contribution in [0.5, 0.6) is 0 Å². The molecule has 1 aliphatic heterocycles. The van der Waals surface area contributed by atoms with Gasteiger partial charge in [-0.3, -0.25) is 15.5 Å². The molecule has 0 aromatic heterocycles. The third-order valence-corrected chi connectivity index (χ3v) is 7.25. The van der Waals surface area contributed by atoms with Crippen LogP contribution in [0.15, 0.2) is 47.4 Å². The average molecular weight is 458 g/mol. The van der Waals surface area contributed by atoms with Gasteiger partial charge < -0.3 is 16.4 Å². The Morgan fingerprint density at radius 3 is 2.44 bits per heavy atom. The number of likely N-dealkylation sites (tertiary alicyclic amines) is 1. The Bertz CT molecular complexity index is 1120. The number of benzene rings is 2. The van der Waals surface area contributed by atoms with Gasteiger partial charge in [0.25, 0.3) is 0 Å². The quantitative estimate of drug-likeness (QED) is 0.284. The predicted octanol–water partition coefficient (Wildman–Crippen LogP) is 1.97. The SMILES string of the molecule is CC(C)(C)c1ccc(S(=O)(=O)CN[C@H]2CCN(Cc3cc(C(=N)N)ccc3N)C2=O)cc1. The van der Waals surface area contributed by atoms with E-state index in [0.717, 1.165) is 5.56 Å². The van der Waals surface area contributed by atoms with E-state index in [4.69, 9.17) is 16.9 Å². The minimum Gasteiger partial charge on any atom is -0.398 e. The Morgan fingerprint density at radius 1 is 1.19 bits per heavy atom. The Labute approximate surface area is 189 Å². The van der Waals surface area contributed by atoms with Gasteiger partial charge in [-0.15, -0.1) is 0 Å². The maximum atomic E-state index is 12.8. The molecule has 1 saturated heterocycles. The number of amides is 1. The first-order valence-corrected chi connectivity index (χ1v) is 12.1. The summed E-state index contributed by atoms with van der Waals surface area (Å²) in [4.78, 5) is 14.7. The first-order valence-electron chi connectivity index (χ1n) is 10.5. The van der Waals surface area contributed by atoms with Crippen LogP contribution in [0.3, 0.4) is 0 Å². The largest absolute Gasteiger partial charge is 0.398 e. The van der Waals surface area contributed by atoms with Crippen molar-refractivity contribution in [3.8, 4) is 0 Å². The van der Waals surface area contributed by atoms with Gasteiger partial charge in [-0.05, 0) is 53.3 Å². The van der Waals surface area contributed by atoms with E-state index in [2.05, 4.69) is 26.1 Å². The summed E-state index contributed by atoms with van der Waals surface area (Å²) in [6.45, 7) is 6.98. The second kappa shape index (κ2) is 8.91. The van der Waals surface area contributed by atoms with Gasteiger partial charge >= 0.3 is 0 Å². The molecule has 1 atom stereocenters. The van der Waals surface area contributed by atoms with E-state index in [9.17, 15) is 13.2 Å². The first kappa shape index (κ1) is 23.7. The molecular formula is C23H31N5O3S. The standard InChI is InChI=1S/C23H31N5O3S/c1-23(2,3)17-5-7-18(8-6-17)32(30,31)14-27-20-10-11-28(22(20)29)13-16-12-15(21(25)26)4-9-19(16)24/h4-9,12,20,27H,10-11,13-14,24H2,1-3H3,(H3,25,26)/t20-/m0/s1. The van der Waals surface area contributed by atoms with E-state index < -0.39 is 15.9 Å². The molecule has 1 aliphatic rings. The van der Waals surface area contributed by atoms with Crippen LogP contribution in [0.25, 0.3) is 0 Å². The molecule has 9 heteroatoms. The normalized spacial score (nSPS) is 17.0. The molecule has 0 aliphatic carbocycles. The number of nitrogens with two attached hydrogens (primary N) is 2. The van der Waals surface area contributed by atoms with E-state index in [-0.39, 0.29) is 34.5 Å². The summed E-state index contributed by atoms with van der Waals surface area (Å²) in [6.07, 6.45) is 0.504. The molecule has 2 aromatic carbocycles. The van der Waals surface area contributed by atoms with E-state index >= 15 is 0 Å². The van der Waals surface area contributed by atoms with Crippen molar-refractivity contribution in [2.75, 3.05) is 18.2 Å². The number of nitrogens with zero attached hydrogens (tertiary/aromatic N) is 1. The van der Waals surface area contributed by atoms with E-state index in [0.29, 0.717) is 29.8 Å². The fourth-order valence-electron chi connectivity index (χ4n) is 3.66. The smallest absolute Gasteiger partial charge is 0.240 e. The van der Waals surface area contributed by atoms with E-state index in [1.54, 1.807) is 35.2 Å². The highest BCUT2D eigenvalue weighted by atomic mass is 32.2. The molecule has 3 rings (SSSR count). The number of rotatable bonds is 7. The van der Waals surface area contributed by atoms with Gasteiger partial charge in [-0.2, -0.15) is 0 Å². The van der Waals surface area contributed by atoms with Crippen LogP contribution in [0.4, 0.5) is 5.69 Å². The fourth-order valence-corrected chi connectivity index (χ4v) is 4.80. The summed E-state index contributed by atoms with van der Waals surface area (Å²) in [6, 6.07) is 11.4. The molecular weight excluding hydrogens is 426 g/mol. The van der Waals surface area contributed by atoms with Crippen LogP contribution in [-0.2, 0) is 26.6 Å². The van der Waals surface area contributed by atoms with E-state index in [1.807, 2.05) is 12.1 Å². The van der Waals surface area contributed by atoms with Gasteiger partial charge in [0.15, 0.2) is 9.84 Å². The zero-order valence-corrected chi connectivity index (χ0v) is 19.5. The second-order valence-electron chi connectivity index (χ2n) is 9.17. The summed E-state index contributed by atoms with van der Waals surface area (Å²) in [5.74, 6) is -0.552. The number of anilines is 1. The van der Waals surface area contributed by atoms with Crippen molar-refractivity contribution < 1.29 is 13.2 Å². The molecule has 0 radical (unpaired) electrons. The minimum atomic E-state index is -3.57. The van der Waals surface area contributed by atoms with Gasteiger partial charge in [-0.1, -0.05) is 32.9 Å². The van der Waals surface area contributed by atoms with Crippen molar-refractivity contribution in [2.45, 2.75) is 50.1 Å². The summed E-state index contributed by atoms with van der Waals surface area (Å²) < 4.78 is 25.5. The number of hydrogen-bond donors (Lipinski definition) is 4. The lowest BCUT2D eigenvalue weighted by molar-refractivity contribution is -0.129. The fraction of sp³-hybridized carbons (Fsp3) is 0.391. The van der Waals surface area contributed by atoms with Crippen LogP contribution < -0.4 is 16.8 Å². The Morgan fingerprint density at radius 2 is 1.84 bits per heavy atom. The Kier molecular flexibility index (Phi) is 6.61. The summed E-state index contributed by atoms with van der Waals surface area (Å²) in [7, 11) is -3.57. The van der Waals surface area contributed by atoms with Gasteiger partial charge in [0.05, 0.1) is 10.9 Å². The number of amidine groups is 1. The van der Waals surface area contributed by atoms with Crippen molar-refractivity contribution >= 4 is 27.3 Å². The highest BCUT2D eigenvalue weighted by Gasteiger charge is 2.32. The molecule has 1 amide bonds. The molecule has 6 N–H and O–H groups in total. The summed E-state index contributed by atoms with van der Waals surface area (Å²) in [5.41, 5.74) is 14.3. The molecule has 1 fully saturated rings. The van der Waals surface area contributed by atoms with E-state index in [1.165, 1.54) is 0 Å². The predicted molar refractivity (Wildman–Crippen MR) is 126 cm³/mol. The van der Waals surface area contributed by atoms with Gasteiger partial charge in [0, 0.05) is 24.3 Å². The Balaban J connectivity index is 1.63. The topological polar surface area (TPSA) is 142 Å². The van der Waals surface area contributed by atoms with Crippen LogP contribution in [0.2, 0.25) is 0 Å². The number of hydrogen-bond acceptors (Lipinski definition) is 6. The molecule has 0 spiro atoms. The lowest BCUT2D eigenvalue weighted by Crippen LogP contribution is -2.40. The average Bonchev–Trinajstić information content (AvgIpc) is 3.07. The summed E-state index contributed by atoms with van der Waals surface area (Å²) >= 11 is 0. The van der Waals surface area contributed by atoms with Crippen LogP contribution in [0.1, 0.15) is 43.9 Å². The molecule has 32 heavy (non-hydrogen) atoms. The number of carbonyl (C=O) groups is 1. The van der Waals surface area contributed by atoms with Gasteiger partial charge in [0.2, 0.25) is 5.91 Å². The number of nitrogen functional groups attached to an aromatic ring is 2. The third kappa shape index (κ3) is 5.28. The zero-order valence-electron chi connectivity index (χ0n) is 18.7. The van der Waals surface area contributed by atoms with Crippen LogP contribution >= 0.6 is 0 Å². The molecule has 1 heterocycles.